The molecule has 0 unspecified atom stereocenters. The number of nitrogens with zero attached hydrogens (tertiary/aromatic N) is 2. The molecule has 0 spiro atoms. The van der Waals surface area contributed by atoms with E-state index in [2.05, 4.69) is 23.0 Å². The molecule has 0 aliphatic carbocycles. The molecular weight excluding hydrogens is 336 g/mol. The Hall–Kier alpha value is -0.454. The summed E-state index contributed by atoms with van der Waals surface area (Å²) in [5.41, 5.74) is 2.29. The second kappa shape index (κ2) is 12.1. The van der Waals surface area contributed by atoms with E-state index >= 15 is 0 Å². The van der Waals surface area contributed by atoms with Crippen LogP contribution in [0.15, 0.2) is 36.7 Å². The van der Waals surface area contributed by atoms with Crippen LogP contribution in [0.1, 0.15) is 44.6 Å². The second-order valence-electron chi connectivity index (χ2n) is 4.87. The van der Waals surface area contributed by atoms with E-state index in [0.717, 1.165) is 17.8 Å². The molecule has 1 aromatic heterocycles. The molecule has 0 atom stereocenters. The summed E-state index contributed by atoms with van der Waals surface area (Å²) in [6, 6.07) is 10.8. The zero-order valence-corrected chi connectivity index (χ0v) is 15.7. The van der Waals surface area contributed by atoms with Crippen molar-refractivity contribution in [2.45, 2.75) is 45.4 Å². The molecule has 0 saturated carbocycles. The minimum atomic E-state index is 0. The van der Waals surface area contributed by atoms with Crippen molar-refractivity contribution in [3.63, 3.8) is 0 Å². The van der Waals surface area contributed by atoms with Gasteiger partial charge in [0, 0.05) is 12.4 Å². The van der Waals surface area contributed by atoms with Crippen molar-refractivity contribution in [1.29, 1.82) is 0 Å². The van der Waals surface area contributed by atoms with E-state index < -0.39 is 0 Å². The SMILES string of the molecule is CCCCCCCc1cnc(-c2cc[c-]cc2)nc1.[Br-].[Mg+2]. The molecule has 2 nitrogen and oxygen atoms in total. The van der Waals surface area contributed by atoms with E-state index in [4.69, 9.17) is 0 Å². The normalized spacial score (nSPS) is 9.57. The van der Waals surface area contributed by atoms with Crippen LogP contribution in [0.5, 0.6) is 0 Å². The maximum Gasteiger partial charge on any atom is 2.00 e. The summed E-state index contributed by atoms with van der Waals surface area (Å²) in [6.07, 6.45) is 11.5. The van der Waals surface area contributed by atoms with Gasteiger partial charge in [0.15, 0.2) is 0 Å². The smallest absolute Gasteiger partial charge is 1.00 e. The van der Waals surface area contributed by atoms with Crippen LogP contribution >= 0.6 is 0 Å². The van der Waals surface area contributed by atoms with Gasteiger partial charge in [0.25, 0.3) is 0 Å². The summed E-state index contributed by atoms with van der Waals surface area (Å²) >= 11 is 0. The quantitative estimate of drug-likeness (QED) is 0.421. The van der Waals surface area contributed by atoms with Crippen molar-refractivity contribution in [1.82, 2.24) is 9.97 Å². The van der Waals surface area contributed by atoms with Crippen LogP contribution in [0.4, 0.5) is 0 Å². The number of aryl methyl sites for hydroxylation is 1. The summed E-state index contributed by atoms with van der Waals surface area (Å²) in [5, 5.41) is 0. The van der Waals surface area contributed by atoms with E-state index in [1.54, 1.807) is 0 Å². The first-order valence-electron chi connectivity index (χ1n) is 7.17. The third kappa shape index (κ3) is 7.38. The van der Waals surface area contributed by atoms with Crippen LogP contribution in [0.3, 0.4) is 0 Å². The number of halogens is 1. The molecule has 0 radical (unpaired) electrons. The summed E-state index contributed by atoms with van der Waals surface area (Å²) in [5.74, 6) is 0.795. The minimum Gasteiger partial charge on any atom is -1.00 e. The summed E-state index contributed by atoms with van der Waals surface area (Å²) in [4.78, 5) is 8.88. The van der Waals surface area contributed by atoms with Crippen molar-refractivity contribution in [2.75, 3.05) is 0 Å². The summed E-state index contributed by atoms with van der Waals surface area (Å²) in [6.45, 7) is 2.24. The van der Waals surface area contributed by atoms with Gasteiger partial charge >= 0.3 is 23.1 Å². The van der Waals surface area contributed by atoms with Gasteiger partial charge in [-0.1, -0.05) is 38.2 Å². The average molecular weight is 358 g/mol. The van der Waals surface area contributed by atoms with E-state index in [1.807, 2.05) is 36.7 Å². The summed E-state index contributed by atoms with van der Waals surface area (Å²) in [7, 11) is 0. The topological polar surface area (TPSA) is 25.8 Å². The van der Waals surface area contributed by atoms with Crippen LogP contribution in [0.25, 0.3) is 11.4 Å². The molecule has 4 heteroatoms. The van der Waals surface area contributed by atoms with Crippen LogP contribution < -0.4 is 17.0 Å². The van der Waals surface area contributed by atoms with E-state index in [1.165, 1.54) is 37.7 Å². The average Bonchev–Trinajstić information content (AvgIpc) is 2.49. The zero-order valence-electron chi connectivity index (χ0n) is 12.7. The molecule has 2 aromatic rings. The largest absolute Gasteiger partial charge is 2.00 e. The third-order valence-corrected chi connectivity index (χ3v) is 3.25. The number of hydrogen-bond donors (Lipinski definition) is 0. The number of benzene rings is 1. The van der Waals surface area contributed by atoms with E-state index in [9.17, 15) is 0 Å². The first kappa shape index (κ1) is 20.5. The van der Waals surface area contributed by atoms with Crippen LogP contribution in [0.2, 0.25) is 0 Å². The molecule has 2 rings (SSSR count). The Balaban J connectivity index is 0.00000200. The molecule has 1 aromatic carbocycles. The molecule has 1 heterocycles. The Morgan fingerprint density at radius 1 is 0.952 bits per heavy atom. The first-order valence-corrected chi connectivity index (χ1v) is 7.17. The molecule has 0 N–H and O–H groups in total. The molecule has 21 heavy (non-hydrogen) atoms. The fraction of sp³-hybridized carbons (Fsp3) is 0.412. The minimum absolute atomic E-state index is 0. The van der Waals surface area contributed by atoms with Crippen LogP contribution in [-0.4, -0.2) is 33.0 Å². The van der Waals surface area contributed by atoms with Gasteiger partial charge in [-0.2, -0.15) is 30.3 Å². The van der Waals surface area contributed by atoms with Gasteiger partial charge in [0.1, 0.15) is 5.82 Å². The Bertz CT molecular complexity index is 474. The zero-order chi connectivity index (χ0) is 13.3. The Morgan fingerprint density at radius 2 is 1.57 bits per heavy atom. The van der Waals surface area contributed by atoms with Gasteiger partial charge in [-0.3, -0.25) is 0 Å². The second-order valence-corrected chi connectivity index (χ2v) is 4.87. The van der Waals surface area contributed by atoms with Gasteiger partial charge in [-0.05, 0) is 18.4 Å². The van der Waals surface area contributed by atoms with E-state index in [0.29, 0.717) is 0 Å². The maximum atomic E-state index is 4.44. The van der Waals surface area contributed by atoms with Gasteiger partial charge in [-0.15, -0.1) is 0 Å². The van der Waals surface area contributed by atoms with Gasteiger partial charge < -0.3 is 17.0 Å². The molecule has 0 saturated heterocycles. The molecule has 0 fully saturated rings. The monoisotopic (exact) mass is 356 g/mol. The number of aromatic nitrogens is 2. The molecule has 0 aliphatic rings. The fourth-order valence-corrected chi connectivity index (χ4v) is 2.10. The van der Waals surface area contributed by atoms with Crippen molar-refractivity contribution in [2.24, 2.45) is 0 Å². The van der Waals surface area contributed by atoms with Gasteiger partial charge in [0.05, 0.1) is 0 Å². The molecule has 0 aliphatic heterocycles. The van der Waals surface area contributed by atoms with Crippen molar-refractivity contribution >= 4 is 23.1 Å². The maximum absolute atomic E-state index is 4.44. The molecular formula is C17H21BrMgN2. The van der Waals surface area contributed by atoms with Crippen molar-refractivity contribution < 1.29 is 17.0 Å². The Morgan fingerprint density at radius 3 is 2.19 bits per heavy atom. The van der Waals surface area contributed by atoms with E-state index in [-0.39, 0.29) is 40.0 Å². The van der Waals surface area contributed by atoms with Crippen molar-refractivity contribution in [3.8, 4) is 11.4 Å². The third-order valence-electron chi connectivity index (χ3n) is 3.25. The number of rotatable bonds is 7. The molecule has 108 valence electrons. The van der Waals surface area contributed by atoms with Crippen LogP contribution in [-0.2, 0) is 6.42 Å². The predicted molar refractivity (Wildman–Crippen MR) is 84.5 cm³/mol. The Labute approximate surface area is 154 Å². The number of hydrogen-bond acceptors (Lipinski definition) is 2. The van der Waals surface area contributed by atoms with Gasteiger partial charge in [0.2, 0.25) is 0 Å². The fourth-order valence-electron chi connectivity index (χ4n) is 2.10. The predicted octanol–water partition coefficient (Wildman–Crippen LogP) is 1.08. The van der Waals surface area contributed by atoms with Crippen molar-refractivity contribution in [3.05, 3.63) is 48.3 Å². The Kier molecular flexibility index (Phi) is 11.9. The number of unbranched alkanes of at least 4 members (excludes halogenated alkanes) is 4. The molecule has 0 bridgehead atoms. The van der Waals surface area contributed by atoms with Gasteiger partial charge in [-0.25, -0.2) is 9.97 Å². The van der Waals surface area contributed by atoms with Crippen LogP contribution in [0, 0.1) is 6.07 Å². The first-order chi connectivity index (χ1) is 9.40. The molecule has 0 amide bonds. The summed E-state index contributed by atoms with van der Waals surface area (Å²) < 4.78 is 0. The standard InChI is InChI=1S/C17H21N2.BrH.Mg/c1-2-3-4-5-7-10-15-13-18-17(19-14-15)16-11-8-6-9-12-16;;/h8-9,11-14H,2-5,7,10H2,1H3;1H;/q-1;;+2/p-1.